The molecule has 0 saturated heterocycles. The zero-order valence-corrected chi connectivity index (χ0v) is 11.7. The van der Waals surface area contributed by atoms with Crippen molar-refractivity contribution in [3.8, 4) is 5.75 Å². The molecule has 0 spiro atoms. The first-order valence-corrected chi connectivity index (χ1v) is 6.49. The number of aromatic hydroxyl groups is 1. The zero-order valence-electron chi connectivity index (χ0n) is 11.7. The van der Waals surface area contributed by atoms with E-state index in [-0.39, 0.29) is 0 Å². The average Bonchev–Trinajstić information content (AvgIpc) is 2.35. The molecule has 1 aromatic carbocycles. The molecular formula is C16H20N2O. The summed E-state index contributed by atoms with van der Waals surface area (Å²) in [5.74, 6) is 0.299. The summed E-state index contributed by atoms with van der Waals surface area (Å²) in [6, 6.07) is 5.47. The second-order valence-corrected chi connectivity index (χ2v) is 5.08. The molecule has 1 N–H and O–H groups in total. The van der Waals surface area contributed by atoms with Crippen molar-refractivity contribution in [1.29, 1.82) is 0 Å². The number of hydrogen-bond acceptors (Lipinski definition) is 3. The molecule has 0 aromatic heterocycles. The quantitative estimate of drug-likeness (QED) is 0.831. The topological polar surface area (TPSA) is 35.8 Å². The van der Waals surface area contributed by atoms with E-state index in [0.717, 1.165) is 29.8 Å². The van der Waals surface area contributed by atoms with Crippen molar-refractivity contribution in [2.75, 3.05) is 13.6 Å². The SMILES string of the molecule is CC(C)=C/C=C1\CCN(C)C=Nc2cccc(O)c21. The fraction of sp³-hybridized carbons (Fsp3) is 0.312. The van der Waals surface area contributed by atoms with E-state index in [1.54, 1.807) is 6.07 Å². The lowest BCUT2D eigenvalue weighted by atomic mass is 9.98. The molecule has 3 nitrogen and oxygen atoms in total. The molecule has 1 aliphatic rings. The Morgan fingerprint density at radius 1 is 1.37 bits per heavy atom. The van der Waals surface area contributed by atoms with Crippen molar-refractivity contribution in [2.45, 2.75) is 20.3 Å². The van der Waals surface area contributed by atoms with Gasteiger partial charge in [-0.05, 0) is 38.0 Å². The van der Waals surface area contributed by atoms with Gasteiger partial charge in [0.15, 0.2) is 0 Å². The van der Waals surface area contributed by atoms with E-state index in [2.05, 4.69) is 35.9 Å². The third-order valence-corrected chi connectivity index (χ3v) is 3.09. The molecule has 1 aromatic rings. The van der Waals surface area contributed by atoms with E-state index in [1.807, 2.05) is 25.5 Å². The molecule has 0 unspecified atom stereocenters. The maximum Gasteiger partial charge on any atom is 0.125 e. The summed E-state index contributed by atoms with van der Waals surface area (Å²) in [4.78, 5) is 6.50. The highest BCUT2D eigenvalue weighted by Crippen LogP contribution is 2.36. The number of allylic oxidation sites excluding steroid dienone is 3. The maximum atomic E-state index is 10.1. The first-order chi connectivity index (χ1) is 9.08. The average molecular weight is 256 g/mol. The van der Waals surface area contributed by atoms with Crippen LogP contribution in [0.1, 0.15) is 25.8 Å². The largest absolute Gasteiger partial charge is 0.507 e. The van der Waals surface area contributed by atoms with Crippen LogP contribution in [0.25, 0.3) is 5.57 Å². The van der Waals surface area contributed by atoms with Gasteiger partial charge in [-0.1, -0.05) is 23.8 Å². The molecule has 1 heterocycles. The summed E-state index contributed by atoms with van der Waals surface area (Å²) in [6.45, 7) is 5.02. The van der Waals surface area contributed by atoms with E-state index >= 15 is 0 Å². The Kier molecular flexibility index (Phi) is 4.05. The Hall–Kier alpha value is -2.03. The monoisotopic (exact) mass is 256 g/mol. The van der Waals surface area contributed by atoms with Crippen molar-refractivity contribution in [3.63, 3.8) is 0 Å². The lowest BCUT2D eigenvalue weighted by Crippen LogP contribution is -2.18. The number of nitrogens with zero attached hydrogens (tertiary/aromatic N) is 2. The van der Waals surface area contributed by atoms with Crippen LogP contribution in [0.2, 0.25) is 0 Å². The predicted molar refractivity (Wildman–Crippen MR) is 80.9 cm³/mol. The van der Waals surface area contributed by atoms with Crippen LogP contribution in [0.4, 0.5) is 5.69 Å². The van der Waals surface area contributed by atoms with Crippen molar-refractivity contribution in [1.82, 2.24) is 4.90 Å². The molecule has 19 heavy (non-hydrogen) atoms. The van der Waals surface area contributed by atoms with Gasteiger partial charge in [0.05, 0.1) is 12.0 Å². The lowest BCUT2D eigenvalue weighted by Gasteiger charge is -2.20. The first kappa shape index (κ1) is 13.4. The maximum absolute atomic E-state index is 10.1. The summed E-state index contributed by atoms with van der Waals surface area (Å²) in [5.41, 5.74) is 4.03. The number of aliphatic imine (C=N–C) groups is 1. The minimum atomic E-state index is 0.299. The number of fused-ring (bicyclic) bond motifs is 1. The normalized spacial score (nSPS) is 16.8. The van der Waals surface area contributed by atoms with Gasteiger partial charge in [-0.2, -0.15) is 0 Å². The van der Waals surface area contributed by atoms with E-state index in [4.69, 9.17) is 0 Å². The van der Waals surface area contributed by atoms with Gasteiger partial charge in [0.1, 0.15) is 5.75 Å². The van der Waals surface area contributed by atoms with Gasteiger partial charge in [0.2, 0.25) is 0 Å². The molecule has 0 aliphatic carbocycles. The van der Waals surface area contributed by atoms with Crippen LogP contribution in [-0.4, -0.2) is 29.9 Å². The number of benzene rings is 1. The molecule has 2 rings (SSSR count). The van der Waals surface area contributed by atoms with Crippen LogP contribution in [0.5, 0.6) is 5.75 Å². The van der Waals surface area contributed by atoms with Crippen LogP contribution < -0.4 is 0 Å². The lowest BCUT2D eigenvalue weighted by molar-refractivity contribution is 0.472. The third kappa shape index (κ3) is 3.25. The van der Waals surface area contributed by atoms with Gasteiger partial charge in [0.25, 0.3) is 0 Å². The minimum absolute atomic E-state index is 0.299. The molecular weight excluding hydrogens is 236 g/mol. The third-order valence-electron chi connectivity index (χ3n) is 3.09. The van der Waals surface area contributed by atoms with Crippen LogP contribution in [0, 0.1) is 0 Å². The first-order valence-electron chi connectivity index (χ1n) is 6.49. The molecule has 1 aliphatic heterocycles. The highest BCUT2D eigenvalue weighted by molar-refractivity contribution is 5.82. The number of hydrogen-bond donors (Lipinski definition) is 1. The Bertz CT molecular complexity index is 552. The van der Waals surface area contributed by atoms with E-state index in [0.29, 0.717) is 5.75 Å². The van der Waals surface area contributed by atoms with Crippen molar-refractivity contribution in [2.24, 2.45) is 4.99 Å². The smallest absolute Gasteiger partial charge is 0.125 e. The highest BCUT2D eigenvalue weighted by atomic mass is 16.3. The van der Waals surface area contributed by atoms with E-state index in [9.17, 15) is 5.11 Å². The minimum Gasteiger partial charge on any atom is -0.507 e. The summed E-state index contributed by atoms with van der Waals surface area (Å²) in [5, 5.41) is 10.1. The molecule has 3 heteroatoms. The molecule has 0 amide bonds. The van der Waals surface area contributed by atoms with Crippen LogP contribution in [0.15, 0.2) is 40.9 Å². The van der Waals surface area contributed by atoms with Crippen molar-refractivity contribution >= 4 is 17.6 Å². The molecule has 0 atom stereocenters. The zero-order chi connectivity index (χ0) is 13.8. The van der Waals surface area contributed by atoms with E-state index < -0.39 is 0 Å². The van der Waals surface area contributed by atoms with E-state index in [1.165, 1.54) is 5.57 Å². The molecule has 0 radical (unpaired) electrons. The predicted octanol–water partition coefficient (Wildman–Crippen LogP) is 3.74. The summed E-state index contributed by atoms with van der Waals surface area (Å²) in [7, 11) is 2.01. The van der Waals surface area contributed by atoms with Crippen molar-refractivity contribution < 1.29 is 5.11 Å². The van der Waals surface area contributed by atoms with Crippen LogP contribution in [0.3, 0.4) is 0 Å². The van der Waals surface area contributed by atoms with Gasteiger partial charge in [-0.15, -0.1) is 0 Å². The number of phenolic OH excluding ortho intramolecular Hbond substituents is 1. The Morgan fingerprint density at radius 3 is 2.89 bits per heavy atom. The highest BCUT2D eigenvalue weighted by Gasteiger charge is 2.14. The van der Waals surface area contributed by atoms with Crippen LogP contribution >= 0.6 is 0 Å². The fourth-order valence-electron chi connectivity index (χ4n) is 2.04. The Balaban J connectivity index is 2.56. The van der Waals surface area contributed by atoms with Gasteiger partial charge >= 0.3 is 0 Å². The summed E-state index contributed by atoms with van der Waals surface area (Å²) >= 11 is 0. The van der Waals surface area contributed by atoms with Gasteiger partial charge < -0.3 is 10.0 Å². The number of phenols is 1. The van der Waals surface area contributed by atoms with Gasteiger partial charge in [0, 0.05) is 19.2 Å². The van der Waals surface area contributed by atoms with Gasteiger partial charge in [-0.25, -0.2) is 4.99 Å². The molecule has 100 valence electrons. The molecule has 0 bridgehead atoms. The molecule has 0 fully saturated rings. The Morgan fingerprint density at radius 2 is 2.16 bits per heavy atom. The molecule has 0 saturated carbocycles. The van der Waals surface area contributed by atoms with Crippen molar-refractivity contribution in [3.05, 3.63) is 41.5 Å². The second kappa shape index (κ2) is 5.74. The van der Waals surface area contributed by atoms with Crippen LogP contribution in [-0.2, 0) is 0 Å². The number of rotatable bonds is 1. The van der Waals surface area contributed by atoms with Gasteiger partial charge in [-0.3, -0.25) is 0 Å². The summed E-state index contributed by atoms with van der Waals surface area (Å²) < 4.78 is 0. The Labute approximate surface area is 114 Å². The fourth-order valence-corrected chi connectivity index (χ4v) is 2.04. The standard InChI is InChI=1S/C16H20N2O/c1-12(2)7-8-13-9-10-18(3)11-17-14-5-4-6-15(19)16(13)14/h4-8,11,19H,9-10H2,1-3H3/b13-8+,17-11?. The summed E-state index contributed by atoms with van der Waals surface area (Å²) in [6.07, 6.45) is 6.87. The second-order valence-electron chi connectivity index (χ2n) is 5.08.